The first kappa shape index (κ1) is 36.0. The van der Waals surface area contributed by atoms with E-state index in [1.807, 2.05) is 0 Å². The Morgan fingerprint density at radius 2 is 0.529 bits per heavy atom. The van der Waals surface area contributed by atoms with Crippen LogP contribution in [0.5, 0.6) is 0 Å². The minimum atomic E-state index is -0.645. The van der Waals surface area contributed by atoms with Crippen molar-refractivity contribution in [1.29, 1.82) is 0 Å². The number of hydrogen-bond donors (Lipinski definition) is 8. The summed E-state index contributed by atoms with van der Waals surface area (Å²) < 4.78 is 0. The number of hydrogen-bond acceptors (Lipinski definition) is 8. The van der Waals surface area contributed by atoms with Gasteiger partial charge in [-0.25, -0.2) is 0 Å². The molecular formula is C16H32Cl4N8Ni2O4. The number of carbonyl (C=O) groups is 4. The quantitative estimate of drug-likeness (QED) is 0.105. The summed E-state index contributed by atoms with van der Waals surface area (Å²) >= 11 is 1.14. The maximum absolute atomic E-state index is 11.6. The second-order valence-corrected chi connectivity index (χ2v) is 9.38. The molecule has 0 unspecified atom stereocenters. The van der Waals surface area contributed by atoms with Crippen molar-refractivity contribution in [3.05, 3.63) is 0 Å². The molecule has 0 saturated carbocycles. The van der Waals surface area contributed by atoms with Gasteiger partial charge in [-0.2, -0.15) is 0 Å². The van der Waals surface area contributed by atoms with Crippen LogP contribution in [0.2, 0.25) is 0 Å². The Balaban J connectivity index is 0. The van der Waals surface area contributed by atoms with Gasteiger partial charge >= 0.3 is 89.7 Å². The summed E-state index contributed by atoms with van der Waals surface area (Å²) in [5, 5.41) is 22.6. The predicted octanol–water partition coefficient (Wildman–Crippen LogP) is -2.42. The molecule has 0 bridgehead atoms. The fourth-order valence-electron chi connectivity index (χ4n) is 2.23. The van der Waals surface area contributed by atoms with Gasteiger partial charge in [-0.1, -0.05) is 0 Å². The molecule has 0 aliphatic carbocycles. The molecule has 0 spiro atoms. The van der Waals surface area contributed by atoms with E-state index in [0.29, 0.717) is 104 Å². The van der Waals surface area contributed by atoms with E-state index < -0.39 is 23.6 Å². The van der Waals surface area contributed by atoms with Crippen LogP contribution in [0.15, 0.2) is 0 Å². The van der Waals surface area contributed by atoms with Crippen LogP contribution in [0.25, 0.3) is 0 Å². The van der Waals surface area contributed by atoms with E-state index in [9.17, 15) is 19.2 Å². The molecule has 0 aromatic rings. The Bertz CT molecular complexity index is 469. The third kappa shape index (κ3) is 26.5. The minimum absolute atomic E-state index is 0.349. The SMILES string of the molecule is O=C1NCCNCCNCCNC(=O)C(=O)NCCNCCNCCNC1=O.[Cl][Ni][Cl].[Cl][Ni][Cl]. The van der Waals surface area contributed by atoms with Crippen LogP contribution in [0, 0.1) is 0 Å². The number of amides is 4. The van der Waals surface area contributed by atoms with Gasteiger partial charge in [0.1, 0.15) is 0 Å². The van der Waals surface area contributed by atoms with Gasteiger partial charge < -0.3 is 42.5 Å². The summed E-state index contributed by atoms with van der Waals surface area (Å²) in [6.07, 6.45) is 0. The molecule has 0 aromatic carbocycles. The van der Waals surface area contributed by atoms with Gasteiger partial charge in [0.25, 0.3) is 0 Å². The summed E-state index contributed by atoms with van der Waals surface area (Å²) in [5.74, 6) is -2.58. The first-order chi connectivity index (χ1) is 16.4. The Hall–Kier alpha value is -0.133. The third-order valence-electron chi connectivity index (χ3n) is 3.72. The van der Waals surface area contributed by atoms with Crippen molar-refractivity contribution in [2.24, 2.45) is 0 Å². The van der Waals surface area contributed by atoms with Crippen LogP contribution >= 0.6 is 40.8 Å². The normalized spacial score (nSPS) is 18.9. The molecule has 0 radical (unpaired) electrons. The van der Waals surface area contributed by atoms with Crippen molar-refractivity contribution in [2.75, 3.05) is 78.5 Å². The van der Waals surface area contributed by atoms with Gasteiger partial charge in [0.15, 0.2) is 0 Å². The van der Waals surface area contributed by atoms with Crippen LogP contribution in [-0.2, 0) is 44.5 Å². The molecule has 12 nitrogen and oxygen atoms in total. The van der Waals surface area contributed by atoms with Crippen molar-refractivity contribution in [2.45, 2.75) is 0 Å². The first-order valence-corrected chi connectivity index (χ1v) is 15.5. The molecule has 208 valence electrons. The second-order valence-electron chi connectivity index (χ2n) is 6.11. The van der Waals surface area contributed by atoms with E-state index in [1.54, 1.807) is 0 Å². The van der Waals surface area contributed by atoms with Gasteiger partial charge in [-0.05, 0) is 0 Å². The van der Waals surface area contributed by atoms with Crippen molar-refractivity contribution in [3.8, 4) is 0 Å². The average molecular weight is 660 g/mol. The van der Waals surface area contributed by atoms with E-state index in [2.05, 4.69) is 42.5 Å². The topological polar surface area (TPSA) is 165 Å². The zero-order chi connectivity index (χ0) is 25.9. The summed E-state index contributed by atoms with van der Waals surface area (Å²) in [4.78, 5) is 46.5. The van der Waals surface area contributed by atoms with Crippen LogP contribution in [0.3, 0.4) is 0 Å². The van der Waals surface area contributed by atoms with Crippen LogP contribution in [0.1, 0.15) is 0 Å². The molecule has 1 fully saturated rings. The van der Waals surface area contributed by atoms with Crippen LogP contribution in [-0.4, -0.2) is 102 Å². The Morgan fingerprint density at radius 3 is 0.706 bits per heavy atom. The predicted molar refractivity (Wildman–Crippen MR) is 127 cm³/mol. The van der Waals surface area contributed by atoms with Crippen LogP contribution in [0.4, 0.5) is 0 Å². The van der Waals surface area contributed by atoms with E-state index in [-0.39, 0.29) is 0 Å². The number of carbonyl (C=O) groups excluding carboxylic acids is 4. The van der Waals surface area contributed by atoms with Gasteiger partial charge in [-0.15, -0.1) is 0 Å². The first-order valence-electron chi connectivity index (χ1n) is 10.0. The Labute approximate surface area is 228 Å². The number of halogens is 4. The Morgan fingerprint density at radius 1 is 0.382 bits per heavy atom. The maximum atomic E-state index is 11.6. The fraction of sp³-hybridized carbons (Fsp3) is 0.750. The molecule has 1 rings (SSSR count). The van der Waals surface area contributed by atoms with Gasteiger partial charge in [0, 0.05) is 78.5 Å². The van der Waals surface area contributed by atoms with Gasteiger partial charge in [0.05, 0.1) is 0 Å². The zero-order valence-corrected chi connectivity index (χ0v) is 23.3. The molecule has 1 heterocycles. The molecule has 8 N–H and O–H groups in total. The summed E-state index contributed by atoms with van der Waals surface area (Å²) in [6.45, 7) is 6.18. The Kier molecular flexibility index (Phi) is 30.8. The van der Waals surface area contributed by atoms with Gasteiger partial charge in [-0.3, -0.25) is 19.2 Å². The fourth-order valence-corrected chi connectivity index (χ4v) is 2.23. The van der Waals surface area contributed by atoms with Crippen molar-refractivity contribution in [1.82, 2.24) is 42.5 Å². The van der Waals surface area contributed by atoms with E-state index in [4.69, 9.17) is 40.8 Å². The molecule has 18 heteroatoms. The number of nitrogens with one attached hydrogen (secondary N) is 8. The third-order valence-corrected chi connectivity index (χ3v) is 3.72. The second kappa shape index (κ2) is 29.1. The summed E-state index contributed by atoms with van der Waals surface area (Å²) in [7, 11) is 18.8. The molecule has 4 amide bonds. The van der Waals surface area contributed by atoms with Crippen molar-refractivity contribution >= 4 is 64.4 Å². The molecule has 34 heavy (non-hydrogen) atoms. The summed E-state index contributed by atoms with van der Waals surface area (Å²) in [5.41, 5.74) is 0. The zero-order valence-electron chi connectivity index (χ0n) is 18.3. The molecular weight excluding hydrogens is 627 g/mol. The van der Waals surface area contributed by atoms with E-state index in [1.165, 1.54) is 0 Å². The average Bonchev–Trinajstić information content (AvgIpc) is 2.81. The molecule has 1 aliphatic rings. The van der Waals surface area contributed by atoms with Crippen molar-refractivity contribution < 1.29 is 44.5 Å². The monoisotopic (exact) mass is 656 g/mol. The molecule has 0 atom stereocenters. The van der Waals surface area contributed by atoms with Crippen molar-refractivity contribution in [3.63, 3.8) is 0 Å². The number of rotatable bonds is 0. The standard InChI is InChI=1S/C16H32N8O4.4ClH.2Ni/c25-13-14(26)23-11-7-19-3-4-20-8-12-24-16(28)15(27)22-10-6-18-2-1-17-5-9-21-13;;;;;;/h17-20H,1-12H2,(H,21,25)(H,22,27)(H,23,26)(H,24,28);4*1H;;/q;;;;;2*+2/p-4. The van der Waals surface area contributed by atoms with Crippen LogP contribution < -0.4 is 42.5 Å². The van der Waals surface area contributed by atoms with E-state index >= 15 is 0 Å². The summed E-state index contributed by atoms with van der Waals surface area (Å²) in [6, 6.07) is 0. The molecule has 0 aromatic heterocycles. The molecule has 1 saturated heterocycles. The molecule has 1 aliphatic heterocycles. The van der Waals surface area contributed by atoms with Gasteiger partial charge in [0.2, 0.25) is 0 Å². The van der Waals surface area contributed by atoms with E-state index in [0.717, 1.165) is 0 Å².